The molecule has 0 saturated carbocycles. The van der Waals surface area contributed by atoms with Gasteiger partial charge < -0.3 is 14.6 Å². The van der Waals surface area contributed by atoms with Gasteiger partial charge in [0.05, 0.1) is 12.7 Å². The number of methoxy groups -OCH3 is 1. The molecule has 1 N–H and O–H groups in total. The minimum Gasteiger partial charge on any atom is -0.488 e. The van der Waals surface area contributed by atoms with Crippen molar-refractivity contribution < 1.29 is 19.0 Å². The predicted molar refractivity (Wildman–Crippen MR) is 54.3 cm³/mol. The third kappa shape index (κ3) is 3.49. The van der Waals surface area contributed by atoms with E-state index in [1.165, 1.54) is 12.1 Å². The van der Waals surface area contributed by atoms with E-state index in [9.17, 15) is 4.39 Å². The van der Waals surface area contributed by atoms with Crippen LogP contribution in [-0.2, 0) is 11.3 Å². The van der Waals surface area contributed by atoms with Crippen molar-refractivity contribution in [1.82, 2.24) is 0 Å². The number of hydrogen-bond acceptors (Lipinski definition) is 3. The standard InChI is InChI=1S/C11H15FO3/c1-8(14-2)7-15-11-4-3-9(6-13)5-10(11)12/h3-5,8,13H,6-7H2,1-2H3. The lowest BCUT2D eigenvalue weighted by Crippen LogP contribution is -2.16. The lowest BCUT2D eigenvalue weighted by molar-refractivity contribution is 0.0701. The minimum absolute atomic E-state index is 0.0816. The maximum absolute atomic E-state index is 13.3. The molecule has 0 heterocycles. The van der Waals surface area contributed by atoms with Crippen LogP contribution in [0.4, 0.5) is 4.39 Å². The Kier molecular flexibility index (Phi) is 4.52. The average Bonchev–Trinajstić information content (AvgIpc) is 2.26. The Morgan fingerprint density at radius 2 is 2.20 bits per heavy atom. The van der Waals surface area contributed by atoms with Crippen LogP contribution in [0.2, 0.25) is 0 Å². The Morgan fingerprint density at radius 3 is 2.73 bits per heavy atom. The smallest absolute Gasteiger partial charge is 0.165 e. The summed E-state index contributed by atoms with van der Waals surface area (Å²) in [5.41, 5.74) is 0.527. The molecular formula is C11H15FO3. The van der Waals surface area contributed by atoms with Gasteiger partial charge in [-0.1, -0.05) is 6.07 Å². The summed E-state index contributed by atoms with van der Waals surface area (Å²) in [6.45, 7) is 1.96. The zero-order valence-electron chi connectivity index (χ0n) is 8.87. The van der Waals surface area contributed by atoms with Gasteiger partial charge in [0.25, 0.3) is 0 Å². The van der Waals surface area contributed by atoms with Crippen LogP contribution in [0.15, 0.2) is 18.2 Å². The Hall–Kier alpha value is -1.13. The first-order valence-corrected chi connectivity index (χ1v) is 4.72. The highest BCUT2D eigenvalue weighted by molar-refractivity contribution is 5.28. The van der Waals surface area contributed by atoms with Crippen molar-refractivity contribution in [2.24, 2.45) is 0 Å². The van der Waals surface area contributed by atoms with Crippen molar-refractivity contribution in [2.45, 2.75) is 19.6 Å². The topological polar surface area (TPSA) is 38.7 Å². The SMILES string of the molecule is COC(C)COc1ccc(CO)cc1F. The number of ether oxygens (including phenoxy) is 2. The second-order valence-electron chi connectivity index (χ2n) is 3.28. The van der Waals surface area contributed by atoms with Crippen molar-refractivity contribution in [2.75, 3.05) is 13.7 Å². The Morgan fingerprint density at radius 1 is 1.47 bits per heavy atom. The van der Waals surface area contributed by atoms with Gasteiger partial charge in [0.15, 0.2) is 11.6 Å². The first kappa shape index (κ1) is 11.9. The molecule has 0 bridgehead atoms. The molecule has 0 aliphatic carbocycles. The molecule has 1 aromatic carbocycles. The maximum Gasteiger partial charge on any atom is 0.165 e. The van der Waals surface area contributed by atoms with Gasteiger partial charge >= 0.3 is 0 Å². The number of aliphatic hydroxyl groups is 1. The van der Waals surface area contributed by atoms with Crippen LogP contribution in [-0.4, -0.2) is 24.9 Å². The third-order valence-electron chi connectivity index (χ3n) is 2.05. The number of rotatable bonds is 5. The van der Waals surface area contributed by atoms with Crippen LogP contribution in [0.25, 0.3) is 0 Å². The number of halogens is 1. The molecule has 0 spiro atoms. The van der Waals surface area contributed by atoms with Gasteiger partial charge in [0.2, 0.25) is 0 Å². The molecule has 0 aromatic heterocycles. The van der Waals surface area contributed by atoms with Crippen molar-refractivity contribution in [1.29, 1.82) is 0 Å². The third-order valence-corrected chi connectivity index (χ3v) is 2.05. The molecule has 0 aliphatic heterocycles. The van der Waals surface area contributed by atoms with Crippen LogP contribution in [0.3, 0.4) is 0 Å². The molecule has 0 saturated heterocycles. The first-order valence-electron chi connectivity index (χ1n) is 4.72. The van der Waals surface area contributed by atoms with E-state index in [-0.39, 0.29) is 18.5 Å². The highest BCUT2D eigenvalue weighted by Gasteiger charge is 2.06. The van der Waals surface area contributed by atoms with Crippen LogP contribution in [0.1, 0.15) is 12.5 Å². The lowest BCUT2D eigenvalue weighted by atomic mass is 10.2. The Bertz CT molecular complexity index is 315. The van der Waals surface area contributed by atoms with Gasteiger partial charge in [-0.05, 0) is 24.6 Å². The van der Waals surface area contributed by atoms with E-state index in [2.05, 4.69) is 0 Å². The number of aliphatic hydroxyl groups excluding tert-OH is 1. The van der Waals surface area contributed by atoms with Crippen molar-refractivity contribution >= 4 is 0 Å². The molecular weight excluding hydrogens is 199 g/mol. The zero-order valence-corrected chi connectivity index (χ0v) is 8.87. The van der Waals surface area contributed by atoms with Gasteiger partial charge in [0.1, 0.15) is 6.61 Å². The molecule has 15 heavy (non-hydrogen) atoms. The monoisotopic (exact) mass is 214 g/mol. The summed E-state index contributed by atoms with van der Waals surface area (Å²) in [6, 6.07) is 4.38. The van der Waals surface area contributed by atoms with E-state index in [1.54, 1.807) is 13.2 Å². The van der Waals surface area contributed by atoms with E-state index in [1.807, 2.05) is 6.92 Å². The maximum atomic E-state index is 13.3. The first-order chi connectivity index (χ1) is 7.17. The van der Waals surface area contributed by atoms with Gasteiger partial charge in [-0.2, -0.15) is 0 Å². The fourth-order valence-electron chi connectivity index (χ4n) is 1.03. The van der Waals surface area contributed by atoms with Gasteiger partial charge in [-0.15, -0.1) is 0 Å². The van der Waals surface area contributed by atoms with Crippen molar-refractivity contribution in [3.05, 3.63) is 29.6 Å². The minimum atomic E-state index is -0.468. The second kappa shape index (κ2) is 5.68. The molecule has 1 aromatic rings. The van der Waals surface area contributed by atoms with Gasteiger partial charge in [-0.25, -0.2) is 4.39 Å². The fraction of sp³-hybridized carbons (Fsp3) is 0.455. The largest absolute Gasteiger partial charge is 0.488 e. The summed E-state index contributed by atoms with van der Waals surface area (Å²) in [5.74, 6) is -0.291. The molecule has 1 unspecified atom stereocenters. The summed E-state index contributed by atoms with van der Waals surface area (Å²) in [4.78, 5) is 0. The van der Waals surface area contributed by atoms with E-state index >= 15 is 0 Å². The molecule has 3 nitrogen and oxygen atoms in total. The quantitative estimate of drug-likeness (QED) is 0.811. The lowest BCUT2D eigenvalue weighted by Gasteiger charge is -2.12. The normalized spacial score (nSPS) is 12.5. The van der Waals surface area contributed by atoms with Crippen LogP contribution in [0.5, 0.6) is 5.75 Å². The van der Waals surface area contributed by atoms with Gasteiger partial charge in [-0.3, -0.25) is 0 Å². The van der Waals surface area contributed by atoms with Gasteiger partial charge in [0, 0.05) is 7.11 Å². The van der Waals surface area contributed by atoms with E-state index in [4.69, 9.17) is 14.6 Å². The summed E-state index contributed by atoms with van der Waals surface area (Å²) < 4.78 is 23.5. The predicted octanol–water partition coefficient (Wildman–Crippen LogP) is 1.73. The Labute approximate surface area is 88.4 Å². The molecule has 0 fully saturated rings. The van der Waals surface area contributed by atoms with Crippen molar-refractivity contribution in [3.63, 3.8) is 0 Å². The zero-order chi connectivity index (χ0) is 11.3. The molecule has 0 radical (unpaired) electrons. The summed E-state index contributed by atoms with van der Waals surface area (Å²) >= 11 is 0. The molecule has 4 heteroatoms. The summed E-state index contributed by atoms with van der Waals surface area (Å²) in [6.07, 6.45) is -0.0816. The number of benzene rings is 1. The molecule has 0 aliphatic rings. The van der Waals surface area contributed by atoms with Crippen molar-refractivity contribution in [3.8, 4) is 5.75 Å². The highest BCUT2D eigenvalue weighted by atomic mass is 19.1. The number of hydrogen-bond donors (Lipinski definition) is 1. The molecule has 1 rings (SSSR count). The summed E-state index contributed by atoms with van der Waals surface area (Å²) in [5, 5.41) is 8.78. The van der Waals surface area contributed by atoms with E-state index in [0.29, 0.717) is 12.2 Å². The molecule has 84 valence electrons. The molecule has 0 amide bonds. The summed E-state index contributed by atoms with van der Waals surface area (Å²) in [7, 11) is 1.57. The van der Waals surface area contributed by atoms with Crippen LogP contribution >= 0.6 is 0 Å². The van der Waals surface area contributed by atoms with E-state index in [0.717, 1.165) is 0 Å². The van der Waals surface area contributed by atoms with E-state index < -0.39 is 5.82 Å². The second-order valence-corrected chi connectivity index (χ2v) is 3.28. The van der Waals surface area contributed by atoms with Crippen LogP contribution in [0, 0.1) is 5.82 Å². The highest BCUT2D eigenvalue weighted by Crippen LogP contribution is 2.18. The molecule has 1 atom stereocenters. The fourth-order valence-corrected chi connectivity index (χ4v) is 1.03. The van der Waals surface area contributed by atoms with Crippen LogP contribution < -0.4 is 4.74 Å². The Balaban J connectivity index is 2.62. The average molecular weight is 214 g/mol.